The smallest absolute Gasteiger partial charge is 0.0587 e. The van der Waals surface area contributed by atoms with E-state index in [0.717, 1.165) is 34.6 Å². The molecule has 0 heterocycles. The summed E-state index contributed by atoms with van der Waals surface area (Å²) in [4.78, 5) is 0. The van der Waals surface area contributed by atoms with Crippen molar-refractivity contribution < 1.29 is 4.74 Å². The molecule has 1 rings (SSSR count). The number of nitrogens with one attached hydrogen (secondary N) is 1. The number of hydrogen-bond acceptors (Lipinski definition) is 2. The fourth-order valence-electron chi connectivity index (χ4n) is 1.86. The van der Waals surface area contributed by atoms with Crippen LogP contribution in [0.4, 0.5) is 0 Å². The van der Waals surface area contributed by atoms with Crippen LogP contribution in [0.15, 0.2) is 35.3 Å². The van der Waals surface area contributed by atoms with Gasteiger partial charge in [0.05, 0.1) is 6.61 Å². The first-order valence-electron chi connectivity index (χ1n) is 6.28. The highest BCUT2D eigenvalue weighted by atomic mass is 79.9. The van der Waals surface area contributed by atoms with Gasteiger partial charge in [0.1, 0.15) is 0 Å². The summed E-state index contributed by atoms with van der Waals surface area (Å²) in [6.45, 7) is 8.54. The molecule has 0 aliphatic heterocycles. The minimum absolute atomic E-state index is 0.0226. The van der Waals surface area contributed by atoms with Crippen LogP contribution < -0.4 is 5.32 Å². The molecule has 0 fully saturated rings. The van der Waals surface area contributed by atoms with Gasteiger partial charge in [-0.25, -0.2) is 0 Å². The van der Waals surface area contributed by atoms with Crippen LogP contribution in [-0.4, -0.2) is 26.8 Å². The second-order valence-electron chi connectivity index (χ2n) is 4.94. The second-order valence-corrected chi connectivity index (χ2v) is 6.26. The number of ether oxygens (including phenoxy) is 1. The second kappa shape index (κ2) is 8.05. The third kappa shape index (κ3) is 5.65. The minimum Gasteiger partial charge on any atom is -0.383 e. The number of rotatable bonds is 8. The van der Waals surface area contributed by atoms with Gasteiger partial charge in [0.25, 0.3) is 0 Å². The van der Waals surface area contributed by atoms with Crippen LogP contribution in [0.2, 0.25) is 5.02 Å². The molecule has 0 radical (unpaired) electrons. The number of methoxy groups -OCH3 is 1. The van der Waals surface area contributed by atoms with Gasteiger partial charge in [-0.15, -0.1) is 6.58 Å². The van der Waals surface area contributed by atoms with Gasteiger partial charge in [-0.05, 0) is 24.1 Å². The Morgan fingerprint density at radius 1 is 1.53 bits per heavy atom. The van der Waals surface area contributed by atoms with Crippen LogP contribution in [0.25, 0.3) is 0 Å². The lowest BCUT2D eigenvalue weighted by Crippen LogP contribution is -2.33. The van der Waals surface area contributed by atoms with Crippen molar-refractivity contribution in [2.24, 2.45) is 5.41 Å². The highest BCUT2D eigenvalue weighted by Crippen LogP contribution is 2.29. The summed E-state index contributed by atoms with van der Waals surface area (Å²) in [6, 6.07) is 6.01. The standard InChI is InChI=1S/C15H21BrClNO/c1-4-15(2,11-18-7-8-19-3)10-12-5-6-13(16)9-14(12)17/h4-6,9,18H,1,7-8,10-11H2,2-3H3. The molecule has 0 amide bonds. The van der Waals surface area contributed by atoms with Crippen LogP contribution in [-0.2, 0) is 11.2 Å². The normalized spacial score (nSPS) is 14.1. The maximum Gasteiger partial charge on any atom is 0.0587 e. The lowest BCUT2D eigenvalue weighted by molar-refractivity contribution is 0.196. The molecular weight excluding hydrogens is 326 g/mol. The summed E-state index contributed by atoms with van der Waals surface area (Å²) >= 11 is 9.69. The van der Waals surface area contributed by atoms with Crippen molar-refractivity contribution in [2.45, 2.75) is 13.3 Å². The van der Waals surface area contributed by atoms with Crippen molar-refractivity contribution in [3.63, 3.8) is 0 Å². The van der Waals surface area contributed by atoms with Crippen molar-refractivity contribution in [3.8, 4) is 0 Å². The van der Waals surface area contributed by atoms with E-state index in [1.807, 2.05) is 18.2 Å². The van der Waals surface area contributed by atoms with Gasteiger partial charge >= 0.3 is 0 Å². The van der Waals surface area contributed by atoms with Gasteiger partial charge in [0.2, 0.25) is 0 Å². The molecule has 0 spiro atoms. The minimum atomic E-state index is -0.0226. The predicted molar refractivity (Wildman–Crippen MR) is 85.9 cm³/mol. The summed E-state index contributed by atoms with van der Waals surface area (Å²) in [5, 5.41) is 4.17. The molecule has 2 nitrogen and oxygen atoms in total. The molecule has 1 aromatic carbocycles. The molecule has 19 heavy (non-hydrogen) atoms. The van der Waals surface area contributed by atoms with E-state index in [-0.39, 0.29) is 5.41 Å². The molecule has 106 valence electrons. The summed E-state index contributed by atoms with van der Waals surface area (Å²) in [5.74, 6) is 0. The fraction of sp³-hybridized carbons (Fsp3) is 0.467. The topological polar surface area (TPSA) is 21.3 Å². The lowest BCUT2D eigenvalue weighted by atomic mass is 9.83. The molecule has 4 heteroatoms. The Morgan fingerprint density at radius 2 is 2.26 bits per heavy atom. The Labute approximate surface area is 129 Å². The Hall–Kier alpha value is -0.350. The summed E-state index contributed by atoms with van der Waals surface area (Å²) in [5.41, 5.74) is 1.12. The molecule has 0 bridgehead atoms. The zero-order chi connectivity index (χ0) is 14.3. The molecule has 1 aromatic rings. The van der Waals surface area contributed by atoms with Gasteiger partial charge < -0.3 is 10.1 Å². The maximum atomic E-state index is 6.27. The van der Waals surface area contributed by atoms with Gasteiger partial charge in [-0.1, -0.05) is 46.6 Å². The van der Waals surface area contributed by atoms with Crippen molar-refractivity contribution in [1.29, 1.82) is 0 Å². The van der Waals surface area contributed by atoms with E-state index in [4.69, 9.17) is 16.3 Å². The summed E-state index contributed by atoms with van der Waals surface area (Å²) in [6.07, 6.45) is 2.85. The molecule has 0 saturated carbocycles. The first kappa shape index (κ1) is 16.7. The van der Waals surface area contributed by atoms with E-state index in [2.05, 4.69) is 40.8 Å². The summed E-state index contributed by atoms with van der Waals surface area (Å²) < 4.78 is 6.03. The van der Waals surface area contributed by atoms with Crippen molar-refractivity contribution >= 4 is 27.5 Å². The quantitative estimate of drug-likeness (QED) is 0.566. The van der Waals surface area contributed by atoms with Gasteiger partial charge in [-0.3, -0.25) is 0 Å². The van der Waals surface area contributed by atoms with Crippen LogP contribution in [0, 0.1) is 5.41 Å². The third-order valence-electron chi connectivity index (χ3n) is 3.11. The molecule has 0 saturated heterocycles. The van der Waals surface area contributed by atoms with E-state index in [1.54, 1.807) is 7.11 Å². The van der Waals surface area contributed by atoms with Gasteiger partial charge in [0, 0.05) is 35.1 Å². The lowest BCUT2D eigenvalue weighted by Gasteiger charge is -2.27. The van der Waals surface area contributed by atoms with Crippen molar-refractivity contribution in [3.05, 3.63) is 45.9 Å². The zero-order valence-electron chi connectivity index (χ0n) is 11.5. The van der Waals surface area contributed by atoms with E-state index < -0.39 is 0 Å². The average Bonchev–Trinajstić information content (AvgIpc) is 2.38. The van der Waals surface area contributed by atoms with Crippen LogP contribution in [0.3, 0.4) is 0 Å². The Morgan fingerprint density at radius 3 is 2.84 bits per heavy atom. The van der Waals surface area contributed by atoms with Gasteiger partial charge in [-0.2, -0.15) is 0 Å². The fourth-order valence-corrected chi connectivity index (χ4v) is 2.60. The van der Waals surface area contributed by atoms with E-state index in [1.165, 1.54) is 0 Å². The largest absolute Gasteiger partial charge is 0.383 e. The Bertz CT molecular complexity index is 425. The summed E-state index contributed by atoms with van der Waals surface area (Å²) in [7, 11) is 1.70. The first-order chi connectivity index (χ1) is 9.00. The SMILES string of the molecule is C=CC(C)(CNCCOC)Cc1ccc(Br)cc1Cl. The number of hydrogen-bond donors (Lipinski definition) is 1. The van der Waals surface area contributed by atoms with E-state index in [0.29, 0.717) is 6.61 Å². The first-order valence-corrected chi connectivity index (χ1v) is 7.45. The predicted octanol–water partition coefficient (Wildman–Crippen LogP) is 4.07. The van der Waals surface area contributed by atoms with Crippen LogP contribution in [0.1, 0.15) is 12.5 Å². The molecule has 1 N–H and O–H groups in total. The van der Waals surface area contributed by atoms with Gasteiger partial charge in [0.15, 0.2) is 0 Å². The monoisotopic (exact) mass is 345 g/mol. The average molecular weight is 347 g/mol. The number of benzene rings is 1. The molecule has 0 aromatic heterocycles. The van der Waals surface area contributed by atoms with Crippen molar-refractivity contribution in [1.82, 2.24) is 5.32 Å². The molecule has 1 unspecified atom stereocenters. The molecular formula is C15H21BrClNO. The highest BCUT2D eigenvalue weighted by Gasteiger charge is 2.21. The van der Waals surface area contributed by atoms with Crippen LogP contribution in [0.5, 0.6) is 0 Å². The molecule has 1 atom stereocenters. The Kier molecular flexibility index (Phi) is 7.08. The van der Waals surface area contributed by atoms with Crippen LogP contribution >= 0.6 is 27.5 Å². The highest BCUT2D eigenvalue weighted by molar-refractivity contribution is 9.10. The van der Waals surface area contributed by atoms with E-state index in [9.17, 15) is 0 Å². The molecule has 0 aliphatic rings. The maximum absolute atomic E-state index is 6.27. The Balaban J connectivity index is 2.66. The zero-order valence-corrected chi connectivity index (χ0v) is 13.9. The van der Waals surface area contributed by atoms with Crippen molar-refractivity contribution in [2.75, 3.05) is 26.8 Å². The number of halogens is 2. The molecule has 0 aliphatic carbocycles. The third-order valence-corrected chi connectivity index (χ3v) is 3.96. The van der Waals surface area contributed by atoms with E-state index >= 15 is 0 Å².